The minimum absolute atomic E-state index is 0.200. The van der Waals surface area contributed by atoms with E-state index in [-0.39, 0.29) is 12.6 Å². The van der Waals surface area contributed by atoms with Crippen LogP contribution >= 0.6 is 23.2 Å². The molecular weight excluding hydrogens is 439 g/mol. The molecule has 0 aliphatic carbocycles. The van der Waals surface area contributed by atoms with Crippen molar-refractivity contribution in [3.8, 4) is 5.75 Å². The number of allylic oxidation sites excluding steroid dienone is 1. The number of rotatable bonds is 8. The van der Waals surface area contributed by atoms with Crippen LogP contribution in [0.25, 0.3) is 0 Å². The molecule has 1 aliphatic heterocycles. The topological polar surface area (TPSA) is 76.7 Å². The summed E-state index contributed by atoms with van der Waals surface area (Å²) < 4.78 is 11.1. The largest absolute Gasteiger partial charge is 0.488 e. The second-order valence-electron chi connectivity index (χ2n) is 7.08. The molecule has 1 unspecified atom stereocenters. The Bertz CT molecular complexity index is 1010. The van der Waals surface area contributed by atoms with Gasteiger partial charge < -0.3 is 20.1 Å². The molecule has 6 nitrogen and oxygen atoms in total. The van der Waals surface area contributed by atoms with Crippen molar-refractivity contribution < 1.29 is 19.1 Å². The second-order valence-corrected chi connectivity index (χ2v) is 7.92. The fourth-order valence-corrected chi connectivity index (χ4v) is 3.86. The van der Waals surface area contributed by atoms with Crippen LogP contribution in [0.1, 0.15) is 43.4 Å². The van der Waals surface area contributed by atoms with Gasteiger partial charge in [0.25, 0.3) is 0 Å². The van der Waals surface area contributed by atoms with E-state index in [1.807, 2.05) is 25.1 Å². The van der Waals surface area contributed by atoms with Gasteiger partial charge in [-0.05, 0) is 31.0 Å². The van der Waals surface area contributed by atoms with Crippen molar-refractivity contribution >= 4 is 35.2 Å². The molecule has 2 aromatic carbocycles. The lowest BCUT2D eigenvalue weighted by Crippen LogP contribution is -2.46. The van der Waals surface area contributed by atoms with E-state index >= 15 is 0 Å². The van der Waals surface area contributed by atoms with E-state index in [1.54, 1.807) is 24.3 Å². The van der Waals surface area contributed by atoms with Gasteiger partial charge in [-0.25, -0.2) is 9.59 Å². The molecule has 8 heteroatoms. The number of esters is 1. The number of benzene rings is 2. The summed E-state index contributed by atoms with van der Waals surface area (Å²) in [5.41, 5.74) is 2.36. The number of carbonyl (C=O) groups is 2. The molecule has 0 radical (unpaired) electrons. The SMILES string of the molecule is CCCCC1=C(C(=O)OC)C(c2ccccc2OCc2ccc(Cl)cc2Cl)NC(=O)N1. The summed E-state index contributed by atoms with van der Waals surface area (Å²) in [4.78, 5) is 25.0. The Balaban J connectivity index is 1.96. The van der Waals surface area contributed by atoms with Crippen LogP contribution in [0, 0.1) is 0 Å². The number of amides is 2. The highest BCUT2D eigenvalue weighted by molar-refractivity contribution is 6.35. The Morgan fingerprint density at radius 3 is 2.65 bits per heavy atom. The van der Waals surface area contributed by atoms with Crippen LogP contribution in [-0.4, -0.2) is 19.1 Å². The molecule has 164 valence electrons. The average molecular weight is 463 g/mol. The Labute approximate surface area is 191 Å². The van der Waals surface area contributed by atoms with Crippen molar-refractivity contribution in [2.24, 2.45) is 0 Å². The summed E-state index contributed by atoms with van der Waals surface area (Å²) in [6.45, 7) is 2.25. The highest BCUT2D eigenvalue weighted by atomic mass is 35.5. The average Bonchev–Trinajstić information content (AvgIpc) is 2.76. The number of methoxy groups -OCH3 is 1. The maximum Gasteiger partial charge on any atom is 0.337 e. The van der Waals surface area contributed by atoms with Crippen molar-refractivity contribution in [3.05, 3.63) is 74.9 Å². The lowest BCUT2D eigenvalue weighted by Gasteiger charge is -2.30. The van der Waals surface area contributed by atoms with E-state index in [0.29, 0.717) is 39.0 Å². The van der Waals surface area contributed by atoms with E-state index in [0.717, 1.165) is 18.4 Å². The van der Waals surface area contributed by atoms with E-state index in [4.69, 9.17) is 32.7 Å². The Hall–Kier alpha value is -2.70. The predicted molar refractivity (Wildman–Crippen MR) is 120 cm³/mol. The third-order valence-electron chi connectivity index (χ3n) is 4.97. The van der Waals surface area contributed by atoms with E-state index < -0.39 is 12.0 Å². The first-order valence-electron chi connectivity index (χ1n) is 9.99. The summed E-state index contributed by atoms with van der Waals surface area (Å²) in [6.07, 6.45) is 2.32. The van der Waals surface area contributed by atoms with Crippen LogP contribution in [-0.2, 0) is 16.1 Å². The number of unbranched alkanes of at least 4 members (excludes halogenated alkanes) is 1. The highest BCUT2D eigenvalue weighted by Gasteiger charge is 2.34. The van der Waals surface area contributed by atoms with Gasteiger partial charge in [0.1, 0.15) is 12.4 Å². The van der Waals surface area contributed by atoms with Gasteiger partial charge in [-0.1, -0.05) is 60.8 Å². The van der Waals surface area contributed by atoms with Crippen LogP contribution < -0.4 is 15.4 Å². The smallest absolute Gasteiger partial charge is 0.337 e. The van der Waals surface area contributed by atoms with Crippen LogP contribution in [0.2, 0.25) is 10.0 Å². The molecule has 2 amide bonds. The number of halogens is 2. The molecule has 31 heavy (non-hydrogen) atoms. The maximum atomic E-state index is 12.7. The first kappa shape index (κ1) is 23.0. The molecule has 1 heterocycles. The summed E-state index contributed by atoms with van der Waals surface area (Å²) in [7, 11) is 1.32. The molecule has 0 saturated heterocycles. The fourth-order valence-electron chi connectivity index (χ4n) is 3.40. The highest BCUT2D eigenvalue weighted by Crippen LogP contribution is 2.35. The van der Waals surface area contributed by atoms with Crippen LogP contribution in [0.4, 0.5) is 4.79 Å². The lowest BCUT2D eigenvalue weighted by molar-refractivity contribution is -0.136. The molecular formula is C23H24Cl2N2O4. The molecule has 1 atom stereocenters. The Morgan fingerprint density at radius 2 is 1.94 bits per heavy atom. The molecule has 0 spiro atoms. The summed E-state index contributed by atoms with van der Waals surface area (Å²) >= 11 is 12.2. The van der Waals surface area contributed by atoms with Crippen molar-refractivity contribution in [1.29, 1.82) is 0 Å². The van der Waals surface area contributed by atoms with Gasteiger partial charge >= 0.3 is 12.0 Å². The number of nitrogens with one attached hydrogen (secondary N) is 2. The van der Waals surface area contributed by atoms with Gasteiger partial charge in [0.15, 0.2) is 0 Å². The number of carbonyl (C=O) groups excluding carboxylic acids is 2. The van der Waals surface area contributed by atoms with Crippen molar-refractivity contribution in [2.45, 2.75) is 38.8 Å². The minimum Gasteiger partial charge on any atom is -0.488 e. The molecule has 3 rings (SSSR count). The van der Waals surface area contributed by atoms with Gasteiger partial charge in [-0.3, -0.25) is 0 Å². The Morgan fingerprint density at radius 1 is 1.16 bits per heavy atom. The maximum absolute atomic E-state index is 12.7. The van der Waals surface area contributed by atoms with Gasteiger partial charge in [-0.2, -0.15) is 0 Å². The number of urea groups is 1. The van der Waals surface area contributed by atoms with Gasteiger partial charge in [-0.15, -0.1) is 0 Å². The standard InChI is InChI=1S/C23H24Cl2N2O4/c1-3-4-8-18-20(22(28)30-2)21(27-23(29)26-18)16-7-5-6-9-19(16)31-13-14-10-11-15(24)12-17(14)25/h5-7,9-12,21H,3-4,8,13H2,1-2H3,(H2,26,27,29). The summed E-state index contributed by atoms with van der Waals surface area (Å²) in [5.74, 6) is 0.0242. The first-order chi connectivity index (χ1) is 14.9. The van der Waals surface area contributed by atoms with E-state index in [1.165, 1.54) is 7.11 Å². The van der Waals surface area contributed by atoms with Crippen molar-refractivity contribution in [3.63, 3.8) is 0 Å². The molecule has 1 aliphatic rings. The second kappa shape index (κ2) is 10.6. The zero-order chi connectivity index (χ0) is 22.4. The number of para-hydroxylation sites is 1. The van der Waals surface area contributed by atoms with Crippen LogP contribution in [0.3, 0.4) is 0 Å². The summed E-state index contributed by atoms with van der Waals surface area (Å²) in [5, 5.41) is 6.63. The van der Waals surface area contributed by atoms with Gasteiger partial charge in [0.2, 0.25) is 0 Å². The van der Waals surface area contributed by atoms with Gasteiger partial charge in [0.05, 0.1) is 18.7 Å². The van der Waals surface area contributed by atoms with Crippen molar-refractivity contribution in [2.75, 3.05) is 7.11 Å². The zero-order valence-electron chi connectivity index (χ0n) is 17.3. The summed E-state index contributed by atoms with van der Waals surface area (Å²) in [6, 6.07) is 11.4. The van der Waals surface area contributed by atoms with E-state index in [2.05, 4.69) is 10.6 Å². The monoisotopic (exact) mass is 462 g/mol. The molecule has 0 saturated carbocycles. The normalized spacial score (nSPS) is 15.9. The third kappa shape index (κ3) is 5.51. The number of hydrogen-bond donors (Lipinski definition) is 2. The molecule has 0 bridgehead atoms. The molecule has 2 N–H and O–H groups in total. The zero-order valence-corrected chi connectivity index (χ0v) is 18.8. The van der Waals surface area contributed by atoms with Gasteiger partial charge in [0, 0.05) is 26.9 Å². The number of hydrogen-bond acceptors (Lipinski definition) is 4. The minimum atomic E-state index is -0.704. The number of ether oxygens (including phenoxy) is 2. The quantitative estimate of drug-likeness (QED) is 0.504. The lowest BCUT2D eigenvalue weighted by atomic mass is 9.93. The molecule has 2 aromatic rings. The molecule has 0 aromatic heterocycles. The van der Waals surface area contributed by atoms with Crippen molar-refractivity contribution in [1.82, 2.24) is 10.6 Å². The third-order valence-corrected chi connectivity index (χ3v) is 5.55. The first-order valence-corrected chi connectivity index (χ1v) is 10.7. The van der Waals surface area contributed by atoms with Crippen LogP contribution in [0.15, 0.2) is 53.7 Å². The van der Waals surface area contributed by atoms with E-state index in [9.17, 15) is 9.59 Å². The molecule has 0 fully saturated rings. The fraction of sp³-hybridized carbons (Fsp3) is 0.304. The predicted octanol–water partition coefficient (Wildman–Crippen LogP) is 5.54. The Kier molecular flexibility index (Phi) is 7.82. The van der Waals surface area contributed by atoms with Crippen LogP contribution in [0.5, 0.6) is 5.75 Å².